The summed E-state index contributed by atoms with van der Waals surface area (Å²) in [6.07, 6.45) is -0.190. The van der Waals surface area contributed by atoms with Gasteiger partial charge in [-0.15, -0.1) is 11.8 Å². The number of thioether (sulfide) groups is 1. The van der Waals surface area contributed by atoms with Crippen LogP contribution >= 0.6 is 11.8 Å². The average Bonchev–Trinajstić information content (AvgIpc) is 2.70. The van der Waals surface area contributed by atoms with Crippen LogP contribution < -0.4 is 15.4 Å². The first-order valence-corrected chi connectivity index (χ1v) is 12.0. The van der Waals surface area contributed by atoms with Gasteiger partial charge in [-0.3, -0.25) is 9.59 Å². The maximum atomic E-state index is 13.0. The number of hydrogen-bond acceptors (Lipinski definition) is 6. The molecule has 0 bridgehead atoms. The smallest absolute Gasteiger partial charge is 0.237 e. The monoisotopic (exact) mass is 448 g/mol. The van der Waals surface area contributed by atoms with Crippen LogP contribution in [-0.2, 0) is 19.4 Å². The Balaban J connectivity index is 1.68. The quantitative estimate of drug-likeness (QED) is 0.670. The summed E-state index contributed by atoms with van der Waals surface area (Å²) >= 11 is 1.38. The fourth-order valence-electron chi connectivity index (χ4n) is 2.98. The molecule has 2 aromatic rings. The van der Waals surface area contributed by atoms with Crippen molar-refractivity contribution in [2.45, 2.75) is 47.5 Å². The molecule has 0 saturated carbocycles. The Hall–Kier alpha value is -2.52. The van der Waals surface area contributed by atoms with Crippen molar-refractivity contribution < 1.29 is 22.7 Å². The van der Waals surface area contributed by atoms with Gasteiger partial charge >= 0.3 is 0 Å². The molecular weight excluding hydrogens is 424 g/mol. The van der Waals surface area contributed by atoms with E-state index in [0.717, 1.165) is 4.90 Å². The lowest BCUT2D eigenvalue weighted by Gasteiger charge is -2.22. The molecule has 3 rings (SSSR count). The van der Waals surface area contributed by atoms with Gasteiger partial charge in [-0.1, -0.05) is 0 Å². The summed E-state index contributed by atoms with van der Waals surface area (Å²) in [5, 5.41) is 4.28. The zero-order valence-corrected chi connectivity index (χ0v) is 18.6. The Labute approximate surface area is 180 Å². The number of fused-ring (bicyclic) bond motifs is 1. The molecule has 2 aromatic carbocycles. The number of nitrogens with one attached hydrogen (secondary N) is 2. The van der Waals surface area contributed by atoms with Gasteiger partial charge in [-0.2, -0.15) is 0 Å². The molecule has 0 saturated heterocycles. The highest BCUT2D eigenvalue weighted by molar-refractivity contribution is 8.01. The number of anilines is 2. The number of amides is 2. The maximum absolute atomic E-state index is 13.0. The fourth-order valence-corrected chi connectivity index (χ4v) is 5.29. The molecule has 1 aliphatic rings. The van der Waals surface area contributed by atoms with Gasteiger partial charge in [0.1, 0.15) is 5.75 Å². The van der Waals surface area contributed by atoms with Gasteiger partial charge in [-0.25, -0.2) is 8.42 Å². The van der Waals surface area contributed by atoms with E-state index in [1.165, 1.54) is 30.8 Å². The molecule has 0 spiro atoms. The average molecular weight is 449 g/mol. The molecule has 30 heavy (non-hydrogen) atoms. The fraction of sp³-hybridized carbons (Fsp3) is 0.333. The second-order valence-electron chi connectivity index (χ2n) is 6.97. The van der Waals surface area contributed by atoms with E-state index in [0.29, 0.717) is 23.7 Å². The standard InChI is InChI=1S/C21H24N2O5S2/c1-4-28-16-7-5-15(6-8-16)22-20(24)11-13(2)30(26,27)17-9-10-19-18(12-17)23-21(25)14(3)29-19/h5-10,12-14H,4,11H2,1-3H3,(H,22,24)(H,23,25)/t13-,14-/m0/s1. The van der Waals surface area contributed by atoms with Crippen LogP contribution in [0.15, 0.2) is 52.3 Å². The minimum Gasteiger partial charge on any atom is -0.494 e. The Morgan fingerprint density at radius 2 is 1.93 bits per heavy atom. The first-order chi connectivity index (χ1) is 14.2. The molecule has 1 heterocycles. The maximum Gasteiger partial charge on any atom is 0.237 e. The number of sulfone groups is 1. The van der Waals surface area contributed by atoms with Crippen LogP contribution in [0.4, 0.5) is 11.4 Å². The number of ether oxygens (including phenoxy) is 1. The highest BCUT2D eigenvalue weighted by atomic mass is 32.2. The summed E-state index contributed by atoms with van der Waals surface area (Å²) < 4.78 is 31.3. The van der Waals surface area contributed by atoms with Gasteiger partial charge in [0.2, 0.25) is 11.8 Å². The zero-order valence-electron chi connectivity index (χ0n) is 17.0. The van der Waals surface area contributed by atoms with E-state index in [4.69, 9.17) is 4.74 Å². The number of rotatable bonds is 7. The Morgan fingerprint density at radius 1 is 1.23 bits per heavy atom. The molecule has 0 aromatic heterocycles. The Morgan fingerprint density at radius 3 is 2.60 bits per heavy atom. The summed E-state index contributed by atoms with van der Waals surface area (Å²) in [5.41, 5.74) is 1.05. The second-order valence-corrected chi connectivity index (χ2v) is 10.7. The molecular formula is C21H24N2O5S2. The van der Waals surface area contributed by atoms with E-state index in [9.17, 15) is 18.0 Å². The van der Waals surface area contributed by atoms with Crippen LogP contribution in [0, 0.1) is 0 Å². The lowest BCUT2D eigenvalue weighted by molar-refractivity contribution is -0.116. The first kappa shape index (κ1) is 22.2. The lowest BCUT2D eigenvalue weighted by Crippen LogP contribution is -2.27. The van der Waals surface area contributed by atoms with Crippen molar-refractivity contribution in [2.75, 3.05) is 17.2 Å². The molecule has 0 aliphatic carbocycles. The summed E-state index contributed by atoms with van der Waals surface area (Å²) in [7, 11) is -3.75. The largest absolute Gasteiger partial charge is 0.494 e. The van der Waals surface area contributed by atoms with E-state index in [2.05, 4.69) is 10.6 Å². The third-order valence-electron chi connectivity index (χ3n) is 4.66. The third-order valence-corrected chi connectivity index (χ3v) is 7.98. The SMILES string of the molecule is CCOc1ccc(NC(=O)C[C@H](C)S(=O)(=O)c2ccc3c(c2)NC(=O)[C@H](C)S3)cc1. The van der Waals surface area contributed by atoms with Crippen LogP contribution in [-0.4, -0.2) is 37.3 Å². The zero-order chi connectivity index (χ0) is 21.9. The highest BCUT2D eigenvalue weighted by Crippen LogP contribution is 2.37. The van der Waals surface area contributed by atoms with Crippen molar-refractivity contribution in [3.05, 3.63) is 42.5 Å². The first-order valence-electron chi connectivity index (χ1n) is 9.59. The minimum atomic E-state index is -3.75. The molecule has 9 heteroatoms. The van der Waals surface area contributed by atoms with Gasteiger partial charge in [0.15, 0.2) is 9.84 Å². The van der Waals surface area contributed by atoms with E-state index < -0.39 is 21.0 Å². The Kier molecular flexibility index (Phi) is 6.72. The number of carbonyl (C=O) groups excluding carboxylic acids is 2. The summed E-state index contributed by atoms with van der Waals surface area (Å²) in [5.74, 6) is 0.134. The molecule has 160 valence electrons. The van der Waals surface area contributed by atoms with E-state index in [1.54, 1.807) is 37.3 Å². The van der Waals surface area contributed by atoms with Crippen molar-refractivity contribution >= 4 is 44.8 Å². The number of carbonyl (C=O) groups is 2. The van der Waals surface area contributed by atoms with Crippen molar-refractivity contribution in [2.24, 2.45) is 0 Å². The van der Waals surface area contributed by atoms with Crippen LogP contribution in [0.5, 0.6) is 5.75 Å². The summed E-state index contributed by atoms with van der Waals surface area (Å²) in [6.45, 7) is 5.72. The molecule has 2 amide bonds. The number of hydrogen-bond donors (Lipinski definition) is 2. The van der Waals surface area contributed by atoms with E-state index in [1.807, 2.05) is 6.92 Å². The van der Waals surface area contributed by atoms with Crippen LogP contribution in [0.25, 0.3) is 0 Å². The molecule has 2 atom stereocenters. The predicted molar refractivity (Wildman–Crippen MR) is 118 cm³/mol. The molecule has 0 fully saturated rings. The minimum absolute atomic E-state index is 0.0815. The molecule has 2 N–H and O–H groups in total. The third kappa shape index (κ3) is 4.96. The Bertz CT molecular complexity index is 1050. The number of benzene rings is 2. The van der Waals surface area contributed by atoms with Crippen LogP contribution in [0.1, 0.15) is 27.2 Å². The van der Waals surface area contributed by atoms with Crippen molar-refractivity contribution in [1.82, 2.24) is 0 Å². The van der Waals surface area contributed by atoms with Gasteiger partial charge in [-0.05, 0) is 63.2 Å². The molecule has 0 unspecified atom stereocenters. The summed E-state index contributed by atoms with van der Waals surface area (Å²) in [6, 6.07) is 11.5. The van der Waals surface area contributed by atoms with E-state index in [-0.39, 0.29) is 22.5 Å². The van der Waals surface area contributed by atoms with Crippen LogP contribution in [0.2, 0.25) is 0 Å². The highest BCUT2D eigenvalue weighted by Gasteiger charge is 2.29. The van der Waals surface area contributed by atoms with Gasteiger partial charge in [0, 0.05) is 17.0 Å². The van der Waals surface area contributed by atoms with Crippen molar-refractivity contribution in [3.8, 4) is 5.75 Å². The molecule has 0 radical (unpaired) electrons. The van der Waals surface area contributed by atoms with E-state index >= 15 is 0 Å². The predicted octanol–water partition coefficient (Wildman–Crippen LogP) is 3.71. The van der Waals surface area contributed by atoms with Gasteiger partial charge in [0.05, 0.1) is 27.7 Å². The normalized spacial score (nSPS) is 16.9. The lowest BCUT2D eigenvalue weighted by atomic mass is 10.2. The van der Waals surface area contributed by atoms with Crippen LogP contribution in [0.3, 0.4) is 0 Å². The van der Waals surface area contributed by atoms with Crippen molar-refractivity contribution in [1.29, 1.82) is 0 Å². The molecule has 1 aliphatic heterocycles. The molecule has 7 nitrogen and oxygen atoms in total. The van der Waals surface area contributed by atoms with Gasteiger partial charge in [0.25, 0.3) is 0 Å². The second kappa shape index (κ2) is 9.09. The van der Waals surface area contributed by atoms with Gasteiger partial charge < -0.3 is 15.4 Å². The topological polar surface area (TPSA) is 102 Å². The summed E-state index contributed by atoms with van der Waals surface area (Å²) in [4.78, 5) is 25.1. The van der Waals surface area contributed by atoms with Crippen molar-refractivity contribution in [3.63, 3.8) is 0 Å².